The molecular weight excluding hydrogens is 508 g/mol. The summed E-state index contributed by atoms with van der Waals surface area (Å²) in [5, 5.41) is 5.07. The molecule has 1 aromatic heterocycles. The number of para-hydroxylation sites is 2. The van der Waals surface area contributed by atoms with Gasteiger partial charge in [-0.25, -0.2) is 0 Å². The topological polar surface area (TPSA) is 8.17 Å². The molecule has 42 heavy (non-hydrogen) atoms. The van der Waals surface area contributed by atoms with E-state index < -0.39 is 0 Å². The molecule has 0 saturated carbocycles. The van der Waals surface area contributed by atoms with Crippen molar-refractivity contribution in [3.63, 3.8) is 0 Å². The molecule has 2 heteroatoms. The first-order chi connectivity index (χ1) is 20.9. The van der Waals surface area contributed by atoms with Crippen molar-refractivity contribution in [3.8, 4) is 16.8 Å². The van der Waals surface area contributed by atoms with Gasteiger partial charge in [-0.05, 0) is 65.4 Å². The molecule has 0 aliphatic heterocycles. The third kappa shape index (κ3) is 4.03. The molecule has 0 spiro atoms. The third-order valence-corrected chi connectivity index (χ3v) is 8.45. The van der Waals surface area contributed by atoms with Crippen molar-refractivity contribution in [2.75, 3.05) is 4.90 Å². The second-order valence-electron chi connectivity index (χ2n) is 10.9. The fourth-order valence-corrected chi connectivity index (χ4v) is 6.62. The van der Waals surface area contributed by atoms with E-state index in [2.05, 4.69) is 173 Å². The molecule has 0 saturated heterocycles. The van der Waals surface area contributed by atoms with Crippen LogP contribution in [0.15, 0.2) is 164 Å². The van der Waals surface area contributed by atoms with Gasteiger partial charge in [-0.15, -0.1) is 0 Å². The van der Waals surface area contributed by atoms with Gasteiger partial charge >= 0.3 is 0 Å². The Balaban J connectivity index is 1.38. The number of hydrogen-bond acceptors (Lipinski definition) is 1. The van der Waals surface area contributed by atoms with Gasteiger partial charge in [0.15, 0.2) is 0 Å². The maximum absolute atomic E-state index is 2.46. The molecular formula is C40H30N2. The Morgan fingerprint density at radius 3 is 2.19 bits per heavy atom. The van der Waals surface area contributed by atoms with Gasteiger partial charge < -0.3 is 9.47 Å². The first-order valence-corrected chi connectivity index (χ1v) is 14.7. The van der Waals surface area contributed by atoms with Crippen LogP contribution in [0.4, 0.5) is 11.4 Å². The van der Waals surface area contributed by atoms with Gasteiger partial charge in [0.1, 0.15) is 0 Å². The Morgan fingerprint density at radius 2 is 1.36 bits per heavy atom. The van der Waals surface area contributed by atoms with Crippen LogP contribution in [0.5, 0.6) is 0 Å². The highest BCUT2D eigenvalue weighted by molar-refractivity contribution is 6.22. The third-order valence-electron chi connectivity index (χ3n) is 8.45. The van der Waals surface area contributed by atoms with E-state index in [4.69, 9.17) is 0 Å². The fourth-order valence-electron chi connectivity index (χ4n) is 6.62. The summed E-state index contributed by atoms with van der Waals surface area (Å²) in [6.45, 7) is 0. The summed E-state index contributed by atoms with van der Waals surface area (Å²) in [5.74, 6) is 0. The zero-order valence-corrected chi connectivity index (χ0v) is 23.3. The predicted molar refractivity (Wildman–Crippen MR) is 179 cm³/mol. The molecule has 200 valence electrons. The highest BCUT2D eigenvalue weighted by Gasteiger charge is 2.21. The first kappa shape index (κ1) is 24.5. The summed E-state index contributed by atoms with van der Waals surface area (Å²) in [6, 6.07) is 50.8. The number of benzene rings is 6. The Labute approximate surface area is 246 Å². The summed E-state index contributed by atoms with van der Waals surface area (Å²) in [7, 11) is 0. The van der Waals surface area contributed by atoms with Crippen molar-refractivity contribution in [2.45, 2.75) is 12.5 Å². The summed E-state index contributed by atoms with van der Waals surface area (Å²) in [6.07, 6.45) is 9.84. The van der Waals surface area contributed by atoms with Crippen molar-refractivity contribution in [3.05, 3.63) is 164 Å². The van der Waals surface area contributed by atoms with E-state index in [0.717, 1.165) is 6.42 Å². The van der Waals surface area contributed by atoms with Crippen LogP contribution < -0.4 is 4.90 Å². The minimum atomic E-state index is 0.259. The van der Waals surface area contributed by atoms with Crippen LogP contribution in [0.1, 0.15) is 6.42 Å². The predicted octanol–water partition coefficient (Wildman–Crippen LogP) is 10.6. The summed E-state index contributed by atoms with van der Waals surface area (Å²) in [4.78, 5) is 2.46. The van der Waals surface area contributed by atoms with Gasteiger partial charge in [-0.2, -0.15) is 0 Å². The second kappa shape index (κ2) is 10.2. The van der Waals surface area contributed by atoms with Crippen molar-refractivity contribution in [1.82, 2.24) is 4.57 Å². The van der Waals surface area contributed by atoms with Crippen molar-refractivity contribution in [2.24, 2.45) is 0 Å². The number of rotatable bonds is 5. The summed E-state index contributed by atoms with van der Waals surface area (Å²) < 4.78 is 2.44. The summed E-state index contributed by atoms with van der Waals surface area (Å²) >= 11 is 0. The van der Waals surface area contributed by atoms with Gasteiger partial charge in [-0.1, -0.05) is 121 Å². The first-order valence-electron chi connectivity index (χ1n) is 14.7. The SMILES string of the molecule is C1=CCC(N(c2ccccc2)c2cccc(-c3cccc4c3c3ccc5ccccc5c3n4-c3ccccc3)c2)C=C1. The number of hydrogen-bond donors (Lipinski definition) is 0. The Bertz CT molecular complexity index is 2120. The van der Waals surface area contributed by atoms with Gasteiger partial charge in [0.25, 0.3) is 0 Å². The number of anilines is 2. The molecule has 1 heterocycles. The lowest BCUT2D eigenvalue weighted by molar-refractivity contribution is 0.785. The van der Waals surface area contributed by atoms with Gasteiger partial charge in [-0.3, -0.25) is 0 Å². The molecule has 8 rings (SSSR count). The molecule has 0 N–H and O–H groups in total. The maximum Gasteiger partial charge on any atom is 0.0619 e. The van der Waals surface area contributed by atoms with Crippen molar-refractivity contribution in [1.29, 1.82) is 0 Å². The largest absolute Gasteiger partial charge is 0.334 e. The average molecular weight is 539 g/mol. The van der Waals surface area contributed by atoms with Crippen LogP contribution >= 0.6 is 0 Å². The molecule has 1 aliphatic carbocycles. The van der Waals surface area contributed by atoms with E-state index in [-0.39, 0.29) is 6.04 Å². The van der Waals surface area contributed by atoms with Crippen LogP contribution in [-0.4, -0.2) is 10.6 Å². The van der Waals surface area contributed by atoms with Crippen molar-refractivity contribution < 1.29 is 0 Å². The molecule has 7 aromatic rings. The second-order valence-corrected chi connectivity index (χ2v) is 10.9. The van der Waals surface area contributed by atoms with Crippen LogP contribution in [0.3, 0.4) is 0 Å². The molecule has 1 atom stereocenters. The lowest BCUT2D eigenvalue weighted by Crippen LogP contribution is -2.29. The Hall–Kier alpha value is -5.34. The number of fused-ring (bicyclic) bond motifs is 5. The molecule has 1 aliphatic rings. The highest BCUT2D eigenvalue weighted by atomic mass is 15.2. The highest BCUT2D eigenvalue weighted by Crippen LogP contribution is 2.42. The standard InChI is InChI=1S/C40H30N2/c1-4-16-31(17-5-1)41(32-18-6-2-7-19-32)34-22-12-15-30(28-34)35-24-13-25-38-39(35)37-27-26-29-14-10-11-23-36(29)40(37)42(38)33-20-8-3-9-21-33/h1-18,20-28,32H,19H2. The van der Waals surface area contributed by atoms with Crippen LogP contribution in [0.2, 0.25) is 0 Å². The van der Waals surface area contributed by atoms with Crippen LogP contribution in [-0.2, 0) is 0 Å². The van der Waals surface area contributed by atoms with E-state index in [1.807, 2.05) is 0 Å². The Morgan fingerprint density at radius 1 is 0.595 bits per heavy atom. The number of allylic oxidation sites excluding steroid dienone is 2. The quantitative estimate of drug-likeness (QED) is 0.212. The van der Waals surface area contributed by atoms with E-state index >= 15 is 0 Å². The minimum absolute atomic E-state index is 0.259. The van der Waals surface area contributed by atoms with Crippen molar-refractivity contribution >= 4 is 44.0 Å². The Kier molecular flexibility index (Phi) is 5.97. The van der Waals surface area contributed by atoms with Crippen LogP contribution in [0.25, 0.3) is 49.4 Å². The molecule has 0 radical (unpaired) electrons. The molecule has 0 fully saturated rings. The lowest BCUT2D eigenvalue weighted by atomic mass is 9.97. The molecule has 0 amide bonds. The number of aromatic nitrogens is 1. The monoisotopic (exact) mass is 538 g/mol. The van der Waals surface area contributed by atoms with E-state index in [1.54, 1.807) is 0 Å². The maximum atomic E-state index is 2.46. The van der Waals surface area contributed by atoms with Crippen LogP contribution in [0, 0.1) is 0 Å². The molecule has 2 nitrogen and oxygen atoms in total. The fraction of sp³-hybridized carbons (Fsp3) is 0.0500. The smallest absolute Gasteiger partial charge is 0.0619 e. The average Bonchev–Trinajstić information content (AvgIpc) is 3.42. The molecule has 0 bridgehead atoms. The van der Waals surface area contributed by atoms with Gasteiger partial charge in [0.05, 0.1) is 17.1 Å². The zero-order valence-electron chi connectivity index (χ0n) is 23.3. The van der Waals surface area contributed by atoms with E-state index in [9.17, 15) is 0 Å². The minimum Gasteiger partial charge on any atom is -0.334 e. The molecule has 1 unspecified atom stereocenters. The van der Waals surface area contributed by atoms with Gasteiger partial charge in [0, 0.05) is 33.2 Å². The molecule has 6 aromatic carbocycles. The van der Waals surface area contributed by atoms with Gasteiger partial charge in [0.2, 0.25) is 0 Å². The number of nitrogens with zero attached hydrogens (tertiary/aromatic N) is 2. The lowest BCUT2D eigenvalue weighted by Gasteiger charge is -2.33. The zero-order chi connectivity index (χ0) is 27.9. The summed E-state index contributed by atoms with van der Waals surface area (Å²) in [5.41, 5.74) is 8.50. The normalized spacial score (nSPS) is 14.6. The van der Waals surface area contributed by atoms with E-state index in [0.29, 0.717) is 0 Å². The van der Waals surface area contributed by atoms with E-state index in [1.165, 1.54) is 60.8 Å².